The van der Waals surface area contributed by atoms with E-state index in [1.54, 1.807) is 0 Å². The second-order valence-electron chi connectivity index (χ2n) is 7.75. The Balaban J connectivity index is 1.55. The van der Waals surface area contributed by atoms with Gasteiger partial charge in [-0.25, -0.2) is 8.78 Å². The largest absolute Gasteiger partial charge is 0.336 e. The van der Waals surface area contributed by atoms with E-state index in [2.05, 4.69) is 17.0 Å². The van der Waals surface area contributed by atoms with E-state index < -0.39 is 23.1 Å². The first-order valence-corrected chi connectivity index (χ1v) is 10.6. The summed E-state index contributed by atoms with van der Waals surface area (Å²) < 4.78 is 28.6. The van der Waals surface area contributed by atoms with Crippen molar-refractivity contribution < 1.29 is 13.6 Å². The number of halogens is 3. The highest BCUT2D eigenvalue weighted by Crippen LogP contribution is 2.31. The SMILES string of the molecule is Cc1ccc(F)c(C(=O)N2CCN([C@H](c3ccccc3)c3ccc(Cl)cc3)CC2)c1F. The number of aryl methyl sites for hydroxylation is 1. The van der Waals surface area contributed by atoms with Crippen molar-refractivity contribution in [2.24, 2.45) is 0 Å². The van der Waals surface area contributed by atoms with E-state index in [0.29, 0.717) is 31.2 Å². The van der Waals surface area contributed by atoms with Gasteiger partial charge in [0.2, 0.25) is 0 Å². The first-order valence-electron chi connectivity index (χ1n) is 10.2. The maximum Gasteiger partial charge on any atom is 0.259 e. The van der Waals surface area contributed by atoms with Crippen LogP contribution in [-0.2, 0) is 0 Å². The normalized spacial score (nSPS) is 15.7. The van der Waals surface area contributed by atoms with Gasteiger partial charge < -0.3 is 4.90 Å². The first kappa shape index (κ1) is 21.5. The Morgan fingerprint density at radius 2 is 1.48 bits per heavy atom. The van der Waals surface area contributed by atoms with E-state index in [9.17, 15) is 13.6 Å². The lowest BCUT2D eigenvalue weighted by Gasteiger charge is -2.40. The smallest absolute Gasteiger partial charge is 0.259 e. The van der Waals surface area contributed by atoms with Gasteiger partial charge in [0.1, 0.15) is 17.2 Å². The lowest BCUT2D eigenvalue weighted by atomic mass is 9.96. The molecule has 0 unspecified atom stereocenters. The Morgan fingerprint density at radius 3 is 2.13 bits per heavy atom. The molecule has 1 fully saturated rings. The van der Waals surface area contributed by atoms with E-state index in [0.717, 1.165) is 17.2 Å². The van der Waals surface area contributed by atoms with Gasteiger partial charge in [0.05, 0.1) is 6.04 Å². The number of rotatable bonds is 4. The zero-order valence-corrected chi connectivity index (χ0v) is 17.9. The van der Waals surface area contributed by atoms with Gasteiger partial charge in [0.15, 0.2) is 0 Å². The van der Waals surface area contributed by atoms with Crippen molar-refractivity contribution >= 4 is 17.5 Å². The Bertz CT molecular complexity index is 1060. The molecule has 4 rings (SSSR count). The standard InChI is InChI=1S/C25H23ClF2N2O/c1-17-7-12-21(27)22(23(17)28)25(31)30-15-13-29(14-16-30)24(18-5-3-2-4-6-18)19-8-10-20(26)11-9-19/h2-12,24H,13-16H2,1H3/t24-/m1/s1. The minimum atomic E-state index is -0.821. The van der Waals surface area contributed by atoms with Crippen molar-refractivity contribution in [3.8, 4) is 0 Å². The second kappa shape index (κ2) is 9.16. The van der Waals surface area contributed by atoms with E-state index in [1.807, 2.05) is 42.5 Å². The van der Waals surface area contributed by atoms with Crippen molar-refractivity contribution in [1.82, 2.24) is 9.80 Å². The Morgan fingerprint density at radius 1 is 0.871 bits per heavy atom. The van der Waals surface area contributed by atoms with Crippen LogP contribution in [0.5, 0.6) is 0 Å². The summed E-state index contributed by atoms with van der Waals surface area (Å²) in [7, 11) is 0. The molecule has 6 heteroatoms. The molecule has 3 aromatic carbocycles. The molecule has 1 saturated heterocycles. The molecule has 0 spiro atoms. The highest BCUT2D eigenvalue weighted by atomic mass is 35.5. The summed E-state index contributed by atoms with van der Waals surface area (Å²) in [6.07, 6.45) is 0. The fourth-order valence-corrected chi connectivity index (χ4v) is 4.21. The van der Waals surface area contributed by atoms with Gasteiger partial charge in [0, 0.05) is 31.2 Å². The molecule has 0 aliphatic carbocycles. The van der Waals surface area contributed by atoms with Crippen LogP contribution in [0.4, 0.5) is 8.78 Å². The number of piperazine rings is 1. The van der Waals surface area contributed by atoms with Crippen LogP contribution in [0.1, 0.15) is 33.1 Å². The highest BCUT2D eigenvalue weighted by molar-refractivity contribution is 6.30. The topological polar surface area (TPSA) is 23.6 Å². The third-order valence-electron chi connectivity index (χ3n) is 5.77. The summed E-state index contributed by atoms with van der Waals surface area (Å²) >= 11 is 6.08. The third-order valence-corrected chi connectivity index (χ3v) is 6.02. The van der Waals surface area contributed by atoms with E-state index >= 15 is 0 Å². The van der Waals surface area contributed by atoms with E-state index in [1.165, 1.54) is 17.9 Å². The summed E-state index contributed by atoms with van der Waals surface area (Å²) in [6.45, 7) is 3.48. The maximum atomic E-state index is 14.4. The minimum absolute atomic E-state index is 0.00293. The molecule has 1 amide bonds. The fourth-order valence-electron chi connectivity index (χ4n) is 4.09. The molecule has 3 nitrogen and oxygen atoms in total. The quantitative estimate of drug-likeness (QED) is 0.536. The van der Waals surface area contributed by atoms with Crippen molar-refractivity contribution in [3.63, 3.8) is 0 Å². The summed E-state index contributed by atoms with van der Waals surface area (Å²) in [4.78, 5) is 16.7. The molecular weight excluding hydrogens is 418 g/mol. The highest BCUT2D eigenvalue weighted by Gasteiger charge is 2.31. The van der Waals surface area contributed by atoms with Crippen LogP contribution >= 0.6 is 11.6 Å². The lowest BCUT2D eigenvalue weighted by molar-refractivity contribution is 0.0588. The molecule has 0 aromatic heterocycles. The molecule has 0 bridgehead atoms. The number of carbonyl (C=O) groups is 1. The molecule has 3 aromatic rings. The van der Waals surface area contributed by atoms with Gasteiger partial charge in [-0.1, -0.05) is 60.1 Å². The predicted octanol–water partition coefficient (Wildman–Crippen LogP) is 5.47. The van der Waals surface area contributed by atoms with Crippen LogP contribution < -0.4 is 0 Å². The minimum Gasteiger partial charge on any atom is -0.336 e. The summed E-state index contributed by atoms with van der Waals surface area (Å²) in [6, 6.07) is 20.4. The lowest BCUT2D eigenvalue weighted by Crippen LogP contribution is -2.50. The average molecular weight is 441 g/mol. The van der Waals surface area contributed by atoms with Gasteiger partial charge in [-0.05, 0) is 41.8 Å². The third kappa shape index (κ3) is 4.48. The molecule has 160 valence electrons. The maximum absolute atomic E-state index is 14.4. The zero-order valence-electron chi connectivity index (χ0n) is 17.2. The summed E-state index contributed by atoms with van der Waals surface area (Å²) in [5.41, 5.74) is 2.03. The van der Waals surface area contributed by atoms with E-state index in [-0.39, 0.29) is 11.6 Å². The molecule has 1 atom stereocenters. The number of hydrogen-bond donors (Lipinski definition) is 0. The summed E-state index contributed by atoms with van der Waals surface area (Å²) in [5.74, 6) is -2.20. The molecule has 31 heavy (non-hydrogen) atoms. The summed E-state index contributed by atoms with van der Waals surface area (Å²) in [5, 5.41) is 0.674. The molecule has 1 aliphatic rings. The average Bonchev–Trinajstić information content (AvgIpc) is 2.79. The van der Waals surface area contributed by atoms with Crippen molar-refractivity contribution in [2.45, 2.75) is 13.0 Å². The predicted molar refractivity (Wildman–Crippen MR) is 118 cm³/mol. The second-order valence-corrected chi connectivity index (χ2v) is 8.18. The molecular formula is C25H23ClF2N2O. The molecule has 0 saturated carbocycles. The number of amides is 1. The number of benzene rings is 3. The van der Waals surface area contributed by atoms with Gasteiger partial charge >= 0.3 is 0 Å². The van der Waals surface area contributed by atoms with Crippen LogP contribution in [0, 0.1) is 18.6 Å². The van der Waals surface area contributed by atoms with E-state index in [4.69, 9.17) is 11.6 Å². The monoisotopic (exact) mass is 440 g/mol. The Hall–Kier alpha value is -2.76. The number of hydrogen-bond acceptors (Lipinski definition) is 2. The van der Waals surface area contributed by atoms with Gasteiger partial charge in [-0.3, -0.25) is 9.69 Å². The Labute approximate surface area is 185 Å². The number of carbonyl (C=O) groups excluding carboxylic acids is 1. The van der Waals surface area contributed by atoms with Crippen molar-refractivity contribution in [1.29, 1.82) is 0 Å². The number of nitrogens with zero attached hydrogens (tertiary/aromatic N) is 2. The Kier molecular flexibility index (Phi) is 6.35. The molecule has 1 heterocycles. The van der Waals surface area contributed by atoms with Gasteiger partial charge in [-0.2, -0.15) is 0 Å². The van der Waals surface area contributed by atoms with Crippen LogP contribution in [0.3, 0.4) is 0 Å². The fraction of sp³-hybridized carbons (Fsp3) is 0.240. The van der Waals surface area contributed by atoms with Crippen LogP contribution in [0.2, 0.25) is 5.02 Å². The van der Waals surface area contributed by atoms with Crippen molar-refractivity contribution in [3.05, 3.63) is 106 Å². The van der Waals surface area contributed by atoms with Crippen molar-refractivity contribution in [2.75, 3.05) is 26.2 Å². The van der Waals surface area contributed by atoms with Gasteiger partial charge in [-0.15, -0.1) is 0 Å². The van der Waals surface area contributed by atoms with Crippen LogP contribution in [0.25, 0.3) is 0 Å². The zero-order chi connectivity index (χ0) is 22.0. The molecule has 0 radical (unpaired) electrons. The first-order chi connectivity index (χ1) is 15.0. The van der Waals surface area contributed by atoms with Gasteiger partial charge in [0.25, 0.3) is 5.91 Å². The molecule has 0 N–H and O–H groups in total. The van der Waals surface area contributed by atoms with Crippen LogP contribution in [-0.4, -0.2) is 41.9 Å². The van der Waals surface area contributed by atoms with Crippen LogP contribution in [0.15, 0.2) is 66.7 Å². The molecule has 1 aliphatic heterocycles.